The highest BCUT2D eigenvalue weighted by Gasteiger charge is 2.77. The summed E-state index contributed by atoms with van der Waals surface area (Å²) < 4.78 is 0. The van der Waals surface area contributed by atoms with Gasteiger partial charge in [-0.3, -0.25) is 0 Å². The van der Waals surface area contributed by atoms with Crippen LogP contribution in [0.2, 0.25) is 0 Å². The zero-order valence-corrected chi connectivity index (χ0v) is 6.40. The smallest absolute Gasteiger partial charge is 0.0232 e. The third-order valence-corrected chi connectivity index (χ3v) is 5.21. The van der Waals surface area contributed by atoms with Gasteiger partial charge in [0.05, 0.1) is 0 Å². The lowest BCUT2D eigenvalue weighted by molar-refractivity contribution is 0.143. The molecule has 3 atom stereocenters. The number of hydrogen-bond donors (Lipinski definition) is 0. The molecule has 0 radical (unpaired) electrons. The lowest BCUT2D eigenvalue weighted by Gasteiger charge is -2.34. The molecule has 4 fully saturated rings. The Morgan fingerprint density at radius 3 is 2.30 bits per heavy atom. The van der Waals surface area contributed by atoms with E-state index in [-0.39, 0.29) is 0 Å². The van der Waals surface area contributed by atoms with Gasteiger partial charge in [0.25, 0.3) is 0 Å². The van der Waals surface area contributed by atoms with E-state index in [1.165, 1.54) is 11.8 Å². The van der Waals surface area contributed by atoms with Crippen molar-refractivity contribution in [3.63, 3.8) is 0 Å². The molecular weight excluding hydrogens is 120 g/mol. The Hall–Kier alpha value is 0. The SMILES string of the molecule is C1C2CC23CCC2(CC2)C13. The number of fused-ring (bicyclic) bond motifs is 1. The maximum atomic E-state index is 1.64. The van der Waals surface area contributed by atoms with Crippen LogP contribution in [0, 0.1) is 22.7 Å². The van der Waals surface area contributed by atoms with Gasteiger partial charge in [-0.15, -0.1) is 0 Å². The quantitative estimate of drug-likeness (QED) is 0.477. The fourth-order valence-corrected chi connectivity index (χ4v) is 4.26. The van der Waals surface area contributed by atoms with Crippen LogP contribution in [0.3, 0.4) is 0 Å². The highest BCUT2D eigenvalue weighted by molar-refractivity contribution is 5.26. The van der Waals surface area contributed by atoms with Crippen LogP contribution in [0.25, 0.3) is 0 Å². The van der Waals surface area contributed by atoms with E-state index in [2.05, 4.69) is 0 Å². The minimum atomic E-state index is 0.965. The summed E-state index contributed by atoms with van der Waals surface area (Å²) in [6.07, 6.45) is 9.73. The third-order valence-electron chi connectivity index (χ3n) is 5.21. The molecule has 2 spiro atoms. The Kier molecular flexibility index (Phi) is 0.479. The van der Waals surface area contributed by atoms with Crippen molar-refractivity contribution < 1.29 is 0 Å². The summed E-state index contributed by atoms with van der Waals surface area (Å²) in [5.74, 6) is 2.47. The maximum absolute atomic E-state index is 1.64. The highest BCUT2D eigenvalue weighted by Crippen LogP contribution is 2.86. The third kappa shape index (κ3) is 0.286. The molecule has 0 bridgehead atoms. The first kappa shape index (κ1) is 4.79. The molecule has 10 heavy (non-hydrogen) atoms. The van der Waals surface area contributed by atoms with Crippen molar-refractivity contribution in [3.05, 3.63) is 0 Å². The van der Waals surface area contributed by atoms with Crippen molar-refractivity contribution in [1.29, 1.82) is 0 Å². The summed E-state index contributed by atoms with van der Waals surface area (Å²) in [6.45, 7) is 0. The Balaban J connectivity index is 1.83. The summed E-state index contributed by atoms with van der Waals surface area (Å²) in [5, 5.41) is 0. The lowest BCUT2D eigenvalue weighted by Crippen LogP contribution is -2.27. The lowest BCUT2D eigenvalue weighted by atomic mass is 9.71. The second-order valence-electron chi connectivity index (χ2n) is 5.28. The molecule has 0 amide bonds. The van der Waals surface area contributed by atoms with Crippen molar-refractivity contribution >= 4 is 0 Å². The molecule has 4 saturated carbocycles. The summed E-state index contributed by atoms with van der Waals surface area (Å²) in [7, 11) is 0. The number of hydrogen-bond acceptors (Lipinski definition) is 0. The molecule has 0 aliphatic heterocycles. The van der Waals surface area contributed by atoms with E-state index < -0.39 is 0 Å². The van der Waals surface area contributed by atoms with E-state index in [1.807, 2.05) is 0 Å². The van der Waals surface area contributed by atoms with Gasteiger partial charge in [0.1, 0.15) is 0 Å². The van der Waals surface area contributed by atoms with Crippen LogP contribution in [0.4, 0.5) is 0 Å². The second-order valence-corrected chi connectivity index (χ2v) is 5.28. The minimum absolute atomic E-state index is 0.965. The molecule has 0 aromatic carbocycles. The van der Waals surface area contributed by atoms with Crippen molar-refractivity contribution in [2.24, 2.45) is 22.7 Å². The maximum Gasteiger partial charge on any atom is -0.0232 e. The van der Waals surface area contributed by atoms with Crippen LogP contribution in [0.5, 0.6) is 0 Å². The highest BCUT2D eigenvalue weighted by atomic mass is 14.8. The molecule has 0 nitrogen and oxygen atoms in total. The van der Waals surface area contributed by atoms with E-state index in [9.17, 15) is 0 Å². The molecule has 0 N–H and O–H groups in total. The first-order chi connectivity index (χ1) is 4.86. The average Bonchev–Trinajstić information content (AvgIpc) is 2.67. The van der Waals surface area contributed by atoms with Gasteiger partial charge in [-0.25, -0.2) is 0 Å². The van der Waals surface area contributed by atoms with Crippen LogP contribution < -0.4 is 0 Å². The largest absolute Gasteiger partial charge is 0.0468 e. The van der Waals surface area contributed by atoms with E-state index in [4.69, 9.17) is 0 Å². The van der Waals surface area contributed by atoms with Gasteiger partial charge in [-0.1, -0.05) is 0 Å². The predicted octanol–water partition coefficient (Wildman–Crippen LogP) is 2.59. The standard InChI is InChI=1S/C10H14/c1-2-9(1)3-4-10-6-7(10)5-8(9)10/h7-8H,1-6H2. The van der Waals surface area contributed by atoms with Gasteiger partial charge in [0.15, 0.2) is 0 Å². The van der Waals surface area contributed by atoms with E-state index in [1.54, 1.807) is 38.5 Å². The first-order valence-electron chi connectivity index (χ1n) is 4.86. The summed E-state index contributed by atoms with van der Waals surface area (Å²) >= 11 is 0. The molecule has 4 aliphatic rings. The van der Waals surface area contributed by atoms with Gasteiger partial charge >= 0.3 is 0 Å². The second kappa shape index (κ2) is 1.00. The Labute approximate surface area is 62.0 Å². The molecule has 0 heterocycles. The topological polar surface area (TPSA) is 0 Å². The van der Waals surface area contributed by atoms with Crippen LogP contribution in [-0.2, 0) is 0 Å². The first-order valence-corrected chi connectivity index (χ1v) is 4.86. The molecule has 0 heteroatoms. The normalized spacial score (nSPS) is 64.8. The van der Waals surface area contributed by atoms with E-state index in [0.717, 1.165) is 10.8 Å². The Bertz CT molecular complexity index is 208. The van der Waals surface area contributed by atoms with Gasteiger partial charge in [-0.05, 0) is 61.2 Å². The fourth-order valence-electron chi connectivity index (χ4n) is 4.26. The van der Waals surface area contributed by atoms with Gasteiger partial charge in [0, 0.05) is 0 Å². The Morgan fingerprint density at radius 2 is 1.80 bits per heavy atom. The van der Waals surface area contributed by atoms with Crippen molar-refractivity contribution in [1.82, 2.24) is 0 Å². The van der Waals surface area contributed by atoms with Crippen molar-refractivity contribution in [3.8, 4) is 0 Å². The molecule has 0 saturated heterocycles. The molecule has 4 rings (SSSR count). The average molecular weight is 134 g/mol. The van der Waals surface area contributed by atoms with Crippen LogP contribution >= 0.6 is 0 Å². The minimum Gasteiger partial charge on any atom is -0.0468 e. The van der Waals surface area contributed by atoms with Crippen molar-refractivity contribution in [2.75, 3.05) is 0 Å². The molecular formula is C10H14. The van der Waals surface area contributed by atoms with Gasteiger partial charge in [0.2, 0.25) is 0 Å². The van der Waals surface area contributed by atoms with Crippen LogP contribution in [0.1, 0.15) is 38.5 Å². The van der Waals surface area contributed by atoms with Crippen molar-refractivity contribution in [2.45, 2.75) is 38.5 Å². The Morgan fingerprint density at radius 1 is 1.00 bits per heavy atom. The molecule has 3 unspecified atom stereocenters. The molecule has 4 aliphatic carbocycles. The van der Waals surface area contributed by atoms with Crippen LogP contribution in [0.15, 0.2) is 0 Å². The summed E-state index contributed by atoms with van der Waals surface area (Å²) in [6, 6.07) is 0. The predicted molar refractivity (Wildman–Crippen MR) is 39.5 cm³/mol. The van der Waals surface area contributed by atoms with E-state index >= 15 is 0 Å². The zero-order valence-electron chi connectivity index (χ0n) is 6.40. The van der Waals surface area contributed by atoms with E-state index in [0.29, 0.717) is 0 Å². The molecule has 0 aromatic heterocycles. The number of rotatable bonds is 0. The summed E-state index contributed by atoms with van der Waals surface area (Å²) in [5.41, 5.74) is 1.96. The van der Waals surface area contributed by atoms with Gasteiger partial charge < -0.3 is 0 Å². The summed E-state index contributed by atoms with van der Waals surface area (Å²) in [4.78, 5) is 0. The fraction of sp³-hybridized carbons (Fsp3) is 1.00. The zero-order chi connectivity index (χ0) is 6.40. The monoisotopic (exact) mass is 134 g/mol. The molecule has 0 aromatic rings. The molecule has 54 valence electrons. The van der Waals surface area contributed by atoms with Crippen LogP contribution in [-0.4, -0.2) is 0 Å². The van der Waals surface area contributed by atoms with Gasteiger partial charge in [-0.2, -0.15) is 0 Å².